The highest BCUT2D eigenvalue weighted by molar-refractivity contribution is 5.43. The van der Waals surface area contributed by atoms with Crippen molar-refractivity contribution in [2.24, 2.45) is 5.41 Å². The van der Waals surface area contributed by atoms with Gasteiger partial charge in [-0.15, -0.1) is 0 Å². The fourth-order valence-electron chi connectivity index (χ4n) is 1.74. The third-order valence-corrected chi connectivity index (χ3v) is 2.48. The SMILES string of the molecule is Cc1cc(C)c(O)c(C/C=C/C(C)(C)C)c1. The average Bonchev–Trinajstić information content (AvgIpc) is 2.11. The molecule has 0 saturated carbocycles. The van der Waals surface area contributed by atoms with Crippen LogP contribution in [0.5, 0.6) is 5.75 Å². The van der Waals surface area contributed by atoms with Gasteiger partial charge in [-0.25, -0.2) is 0 Å². The first-order valence-corrected chi connectivity index (χ1v) is 5.76. The van der Waals surface area contributed by atoms with Gasteiger partial charge in [-0.3, -0.25) is 0 Å². The molecule has 0 aliphatic heterocycles. The van der Waals surface area contributed by atoms with Crippen LogP contribution in [0.25, 0.3) is 0 Å². The number of hydrogen-bond donors (Lipinski definition) is 1. The highest BCUT2D eigenvalue weighted by atomic mass is 16.3. The van der Waals surface area contributed by atoms with Crippen molar-refractivity contribution in [1.82, 2.24) is 0 Å². The van der Waals surface area contributed by atoms with Crippen molar-refractivity contribution >= 4 is 0 Å². The van der Waals surface area contributed by atoms with Gasteiger partial charge in [0.1, 0.15) is 5.75 Å². The Kier molecular flexibility index (Phi) is 3.79. The number of rotatable bonds is 2. The van der Waals surface area contributed by atoms with Crippen molar-refractivity contribution in [3.05, 3.63) is 41.0 Å². The fourth-order valence-corrected chi connectivity index (χ4v) is 1.74. The van der Waals surface area contributed by atoms with E-state index in [4.69, 9.17) is 0 Å². The van der Waals surface area contributed by atoms with E-state index < -0.39 is 0 Å². The lowest BCUT2D eigenvalue weighted by Gasteiger charge is -2.12. The minimum Gasteiger partial charge on any atom is -0.507 e. The van der Waals surface area contributed by atoms with E-state index in [-0.39, 0.29) is 5.41 Å². The molecule has 0 spiro atoms. The van der Waals surface area contributed by atoms with E-state index in [9.17, 15) is 5.11 Å². The highest BCUT2D eigenvalue weighted by Gasteiger charge is 2.06. The third kappa shape index (κ3) is 3.73. The molecule has 1 aromatic carbocycles. The van der Waals surface area contributed by atoms with Gasteiger partial charge in [0.25, 0.3) is 0 Å². The Balaban J connectivity index is 2.86. The molecule has 0 fully saturated rings. The zero-order valence-corrected chi connectivity index (χ0v) is 11.0. The zero-order chi connectivity index (χ0) is 12.3. The summed E-state index contributed by atoms with van der Waals surface area (Å²) in [5, 5.41) is 9.92. The molecule has 1 aromatic rings. The van der Waals surface area contributed by atoms with Gasteiger partial charge in [-0.05, 0) is 36.8 Å². The molecule has 1 N–H and O–H groups in total. The molecule has 0 saturated heterocycles. The van der Waals surface area contributed by atoms with E-state index in [2.05, 4.69) is 45.9 Å². The lowest BCUT2D eigenvalue weighted by atomic mass is 9.95. The Morgan fingerprint density at radius 2 is 1.81 bits per heavy atom. The standard InChI is InChI=1S/C15H22O/c1-11-9-12(2)14(16)13(10-11)7-6-8-15(3,4)5/h6,8-10,16H,7H2,1-5H3/b8-6+. The summed E-state index contributed by atoms with van der Waals surface area (Å²) in [5.41, 5.74) is 3.38. The van der Waals surface area contributed by atoms with Gasteiger partial charge in [-0.1, -0.05) is 50.6 Å². The second-order valence-electron chi connectivity index (χ2n) is 5.56. The molecule has 88 valence electrons. The number of aryl methyl sites for hydroxylation is 2. The van der Waals surface area contributed by atoms with Gasteiger partial charge in [0, 0.05) is 0 Å². The van der Waals surface area contributed by atoms with Crippen LogP contribution in [-0.4, -0.2) is 5.11 Å². The van der Waals surface area contributed by atoms with E-state index in [1.807, 2.05) is 13.0 Å². The molecule has 0 aliphatic carbocycles. The van der Waals surface area contributed by atoms with Crippen molar-refractivity contribution in [3.63, 3.8) is 0 Å². The van der Waals surface area contributed by atoms with Crippen molar-refractivity contribution in [2.75, 3.05) is 0 Å². The van der Waals surface area contributed by atoms with Gasteiger partial charge in [0.15, 0.2) is 0 Å². The number of phenols is 1. The molecule has 0 atom stereocenters. The Morgan fingerprint density at radius 3 is 2.38 bits per heavy atom. The number of hydrogen-bond acceptors (Lipinski definition) is 1. The molecule has 0 radical (unpaired) electrons. The maximum absolute atomic E-state index is 9.92. The molecular weight excluding hydrogens is 196 g/mol. The van der Waals surface area contributed by atoms with Crippen LogP contribution in [0.3, 0.4) is 0 Å². The maximum atomic E-state index is 9.92. The second kappa shape index (κ2) is 4.73. The lowest BCUT2D eigenvalue weighted by Crippen LogP contribution is -1.99. The maximum Gasteiger partial charge on any atom is 0.122 e. The van der Waals surface area contributed by atoms with Crippen LogP contribution in [-0.2, 0) is 6.42 Å². The van der Waals surface area contributed by atoms with Crippen molar-refractivity contribution in [2.45, 2.75) is 41.0 Å². The topological polar surface area (TPSA) is 20.2 Å². The Hall–Kier alpha value is -1.24. The van der Waals surface area contributed by atoms with Crippen molar-refractivity contribution < 1.29 is 5.11 Å². The van der Waals surface area contributed by atoms with Gasteiger partial charge >= 0.3 is 0 Å². The van der Waals surface area contributed by atoms with Crippen molar-refractivity contribution in [1.29, 1.82) is 0 Å². The molecule has 0 unspecified atom stereocenters. The summed E-state index contributed by atoms with van der Waals surface area (Å²) in [6.07, 6.45) is 5.11. The summed E-state index contributed by atoms with van der Waals surface area (Å²) in [7, 11) is 0. The zero-order valence-electron chi connectivity index (χ0n) is 11.0. The molecule has 0 aromatic heterocycles. The van der Waals surface area contributed by atoms with E-state index in [1.165, 1.54) is 5.56 Å². The molecule has 0 aliphatic rings. The number of benzene rings is 1. The molecule has 1 heteroatoms. The monoisotopic (exact) mass is 218 g/mol. The van der Waals surface area contributed by atoms with Gasteiger partial charge in [0.2, 0.25) is 0 Å². The largest absolute Gasteiger partial charge is 0.507 e. The molecule has 1 rings (SSSR count). The van der Waals surface area contributed by atoms with Gasteiger partial charge in [0.05, 0.1) is 0 Å². The van der Waals surface area contributed by atoms with Crippen LogP contribution < -0.4 is 0 Å². The highest BCUT2D eigenvalue weighted by Crippen LogP contribution is 2.25. The van der Waals surface area contributed by atoms with Crippen molar-refractivity contribution in [3.8, 4) is 5.75 Å². The minimum atomic E-state index is 0.203. The second-order valence-corrected chi connectivity index (χ2v) is 5.56. The lowest BCUT2D eigenvalue weighted by molar-refractivity contribution is 0.465. The van der Waals surface area contributed by atoms with Crippen LogP contribution >= 0.6 is 0 Å². The first-order valence-electron chi connectivity index (χ1n) is 5.76. The Morgan fingerprint density at radius 1 is 1.19 bits per heavy atom. The smallest absolute Gasteiger partial charge is 0.122 e. The van der Waals surface area contributed by atoms with E-state index in [0.717, 1.165) is 17.5 Å². The van der Waals surface area contributed by atoms with E-state index in [1.54, 1.807) is 0 Å². The normalized spacial score (nSPS) is 12.3. The number of phenolic OH excluding ortho intramolecular Hbond substituents is 1. The molecule has 16 heavy (non-hydrogen) atoms. The van der Waals surface area contributed by atoms with Crippen LogP contribution in [0.15, 0.2) is 24.3 Å². The third-order valence-electron chi connectivity index (χ3n) is 2.48. The van der Waals surface area contributed by atoms with E-state index in [0.29, 0.717) is 5.75 Å². The average molecular weight is 218 g/mol. The van der Waals surface area contributed by atoms with Crippen LogP contribution in [0.4, 0.5) is 0 Å². The fraction of sp³-hybridized carbons (Fsp3) is 0.467. The van der Waals surface area contributed by atoms with E-state index >= 15 is 0 Å². The van der Waals surface area contributed by atoms with Gasteiger partial charge in [-0.2, -0.15) is 0 Å². The van der Waals surface area contributed by atoms with Crippen LogP contribution in [0.2, 0.25) is 0 Å². The summed E-state index contributed by atoms with van der Waals surface area (Å²) in [6.45, 7) is 10.5. The Bertz CT molecular complexity index is 395. The molecule has 0 bridgehead atoms. The first kappa shape index (κ1) is 12.8. The summed E-state index contributed by atoms with van der Waals surface area (Å²) >= 11 is 0. The van der Waals surface area contributed by atoms with Crippen LogP contribution in [0.1, 0.15) is 37.5 Å². The quantitative estimate of drug-likeness (QED) is 0.739. The summed E-state index contributed by atoms with van der Waals surface area (Å²) in [5.74, 6) is 0.434. The molecule has 0 amide bonds. The molecular formula is C15H22O. The Labute approximate surface area is 98.8 Å². The van der Waals surface area contributed by atoms with Crippen LogP contribution in [0, 0.1) is 19.3 Å². The number of aromatic hydroxyl groups is 1. The molecule has 1 nitrogen and oxygen atoms in total. The predicted octanol–water partition coefficient (Wildman–Crippen LogP) is 4.15. The minimum absolute atomic E-state index is 0.203. The number of allylic oxidation sites excluding steroid dienone is 2. The molecule has 0 heterocycles. The summed E-state index contributed by atoms with van der Waals surface area (Å²) in [6, 6.07) is 4.06. The first-order chi connectivity index (χ1) is 7.29. The summed E-state index contributed by atoms with van der Waals surface area (Å²) in [4.78, 5) is 0. The van der Waals surface area contributed by atoms with Gasteiger partial charge < -0.3 is 5.11 Å². The summed E-state index contributed by atoms with van der Waals surface area (Å²) < 4.78 is 0. The predicted molar refractivity (Wildman–Crippen MR) is 69.9 cm³/mol.